The molecule has 1 aliphatic heterocycles. The van der Waals surface area contributed by atoms with Crippen molar-refractivity contribution in [3.8, 4) is 5.69 Å². The third kappa shape index (κ3) is 3.76. The van der Waals surface area contributed by atoms with Crippen LogP contribution in [0.3, 0.4) is 0 Å². The summed E-state index contributed by atoms with van der Waals surface area (Å²) in [5, 5.41) is 19.0. The summed E-state index contributed by atoms with van der Waals surface area (Å²) >= 11 is 6.19. The number of benzene rings is 1. The largest absolute Gasteiger partial charge is 0.465 e. The highest BCUT2D eigenvalue weighted by Gasteiger charge is 2.32. The summed E-state index contributed by atoms with van der Waals surface area (Å²) in [4.78, 5) is 17.3. The SMILES string of the molecule is O=C(O)N1Cc2cc(Cl)ccc2-n2c(nnc2C2CCC(c3ccc(F)cn3)CC2)C1. The van der Waals surface area contributed by atoms with Gasteiger partial charge in [-0.25, -0.2) is 9.18 Å². The van der Waals surface area contributed by atoms with E-state index in [9.17, 15) is 14.3 Å². The van der Waals surface area contributed by atoms with Crippen molar-refractivity contribution in [1.29, 1.82) is 0 Å². The number of hydrogen-bond donors (Lipinski definition) is 1. The van der Waals surface area contributed by atoms with Crippen molar-refractivity contribution >= 4 is 17.7 Å². The number of pyridine rings is 1. The molecule has 3 aromatic rings. The zero-order valence-corrected chi connectivity index (χ0v) is 17.5. The quantitative estimate of drug-likeness (QED) is 0.612. The molecule has 0 radical (unpaired) electrons. The van der Waals surface area contributed by atoms with Crippen LogP contribution >= 0.6 is 11.6 Å². The Bertz CT molecular complexity index is 1130. The van der Waals surface area contributed by atoms with E-state index in [1.54, 1.807) is 6.07 Å². The van der Waals surface area contributed by atoms with E-state index in [1.807, 2.05) is 22.8 Å². The summed E-state index contributed by atoms with van der Waals surface area (Å²) in [6, 6.07) is 8.75. The molecule has 31 heavy (non-hydrogen) atoms. The topological polar surface area (TPSA) is 84.1 Å². The third-order valence-corrected chi connectivity index (χ3v) is 6.50. The number of nitrogens with zero attached hydrogens (tertiary/aromatic N) is 5. The van der Waals surface area contributed by atoms with Crippen molar-refractivity contribution < 1.29 is 14.3 Å². The molecule has 7 nitrogen and oxygen atoms in total. The van der Waals surface area contributed by atoms with Gasteiger partial charge in [0.1, 0.15) is 11.6 Å². The zero-order valence-electron chi connectivity index (χ0n) is 16.7. The molecule has 1 aromatic carbocycles. The molecule has 0 bridgehead atoms. The molecule has 1 fully saturated rings. The van der Waals surface area contributed by atoms with Crippen molar-refractivity contribution in [2.45, 2.75) is 50.6 Å². The average Bonchev–Trinajstić information content (AvgIpc) is 3.10. The first-order chi connectivity index (χ1) is 15.0. The summed E-state index contributed by atoms with van der Waals surface area (Å²) in [6.07, 6.45) is 3.95. The standard InChI is InChI=1S/C22H21ClFN5O2/c23-16-5-8-19-15(9-16)11-28(22(30)31)12-20-26-27-21(29(19)20)14-3-1-13(2-4-14)18-7-6-17(24)10-25-18/h5-10,13-14H,1-4,11-12H2,(H,30,31). The Balaban J connectivity index is 1.45. The number of rotatable bonds is 2. The number of carboxylic acid groups (broad SMARTS) is 1. The molecular formula is C22H21ClFN5O2. The van der Waals surface area contributed by atoms with Crippen LogP contribution in [0.5, 0.6) is 0 Å². The van der Waals surface area contributed by atoms with Crippen LogP contribution in [0.15, 0.2) is 36.5 Å². The van der Waals surface area contributed by atoms with Crippen molar-refractivity contribution in [2.24, 2.45) is 0 Å². The van der Waals surface area contributed by atoms with Crippen molar-refractivity contribution in [3.05, 3.63) is 70.3 Å². The summed E-state index contributed by atoms with van der Waals surface area (Å²) in [7, 11) is 0. The number of amides is 1. The highest BCUT2D eigenvalue weighted by atomic mass is 35.5. The normalized spacial score (nSPS) is 20.6. The molecule has 2 aliphatic rings. The lowest BCUT2D eigenvalue weighted by molar-refractivity contribution is 0.139. The summed E-state index contributed by atoms with van der Waals surface area (Å²) < 4.78 is 15.2. The molecule has 0 atom stereocenters. The Morgan fingerprint density at radius 3 is 2.55 bits per heavy atom. The summed E-state index contributed by atoms with van der Waals surface area (Å²) in [6.45, 7) is 0.417. The van der Waals surface area contributed by atoms with Gasteiger partial charge in [0.2, 0.25) is 0 Å². The first-order valence-corrected chi connectivity index (χ1v) is 10.7. The van der Waals surface area contributed by atoms with E-state index in [-0.39, 0.29) is 24.8 Å². The Hall–Kier alpha value is -3.00. The van der Waals surface area contributed by atoms with E-state index >= 15 is 0 Å². The van der Waals surface area contributed by atoms with Gasteiger partial charge in [0.25, 0.3) is 0 Å². The minimum Gasteiger partial charge on any atom is -0.465 e. The first kappa shape index (κ1) is 19.9. The van der Waals surface area contributed by atoms with Gasteiger partial charge in [0, 0.05) is 22.6 Å². The average molecular weight is 442 g/mol. The van der Waals surface area contributed by atoms with E-state index in [1.165, 1.54) is 17.2 Å². The highest BCUT2D eigenvalue weighted by molar-refractivity contribution is 6.30. The van der Waals surface area contributed by atoms with Crippen LogP contribution < -0.4 is 0 Å². The molecular weight excluding hydrogens is 421 g/mol. The zero-order chi connectivity index (χ0) is 21.5. The Kier molecular flexibility index (Phi) is 5.09. The maximum atomic E-state index is 13.2. The third-order valence-electron chi connectivity index (χ3n) is 6.26. The second-order valence-electron chi connectivity index (χ2n) is 8.17. The van der Waals surface area contributed by atoms with Gasteiger partial charge < -0.3 is 5.11 Å². The molecule has 160 valence electrons. The number of fused-ring (bicyclic) bond motifs is 3. The number of carbonyl (C=O) groups is 1. The lowest BCUT2D eigenvalue weighted by Gasteiger charge is -2.28. The first-order valence-electron chi connectivity index (χ1n) is 10.3. The molecule has 3 heterocycles. The second-order valence-corrected chi connectivity index (χ2v) is 8.61. The van der Waals surface area contributed by atoms with Gasteiger partial charge in [-0.05, 0) is 61.6 Å². The van der Waals surface area contributed by atoms with E-state index in [4.69, 9.17) is 11.6 Å². The lowest BCUT2D eigenvalue weighted by Crippen LogP contribution is -2.27. The molecule has 2 aromatic heterocycles. The fourth-order valence-corrected chi connectivity index (χ4v) is 4.90. The van der Waals surface area contributed by atoms with Crippen LogP contribution in [0.1, 0.15) is 60.4 Å². The lowest BCUT2D eigenvalue weighted by atomic mass is 9.80. The van der Waals surface area contributed by atoms with Crippen molar-refractivity contribution in [3.63, 3.8) is 0 Å². The summed E-state index contributed by atoms with van der Waals surface area (Å²) in [5.74, 6) is 1.66. The number of hydrogen-bond acceptors (Lipinski definition) is 4. The van der Waals surface area contributed by atoms with E-state index < -0.39 is 6.09 Å². The van der Waals surface area contributed by atoms with Gasteiger partial charge in [-0.1, -0.05) is 11.6 Å². The number of halogens is 2. The van der Waals surface area contributed by atoms with Crippen LogP contribution in [0, 0.1) is 5.82 Å². The molecule has 1 N–H and O–H groups in total. The van der Waals surface area contributed by atoms with Gasteiger partial charge in [0.15, 0.2) is 5.82 Å². The van der Waals surface area contributed by atoms with Crippen LogP contribution in [-0.2, 0) is 13.1 Å². The Morgan fingerprint density at radius 1 is 1.06 bits per heavy atom. The maximum absolute atomic E-state index is 13.2. The predicted molar refractivity (Wildman–Crippen MR) is 112 cm³/mol. The van der Waals surface area contributed by atoms with Gasteiger partial charge in [-0.2, -0.15) is 0 Å². The van der Waals surface area contributed by atoms with Crippen LogP contribution in [0.2, 0.25) is 5.02 Å². The van der Waals surface area contributed by atoms with Crippen LogP contribution in [0.25, 0.3) is 5.69 Å². The Labute approximate surface area is 183 Å². The molecule has 5 rings (SSSR count). The molecule has 9 heteroatoms. The van der Waals surface area contributed by atoms with Gasteiger partial charge in [-0.3, -0.25) is 14.5 Å². The van der Waals surface area contributed by atoms with Gasteiger partial charge >= 0.3 is 6.09 Å². The Morgan fingerprint density at radius 2 is 1.84 bits per heavy atom. The van der Waals surface area contributed by atoms with Crippen LogP contribution in [0.4, 0.5) is 9.18 Å². The molecule has 1 aliphatic carbocycles. The van der Waals surface area contributed by atoms with Crippen molar-refractivity contribution in [2.75, 3.05) is 0 Å². The van der Waals surface area contributed by atoms with E-state index in [0.29, 0.717) is 16.8 Å². The van der Waals surface area contributed by atoms with Crippen molar-refractivity contribution in [1.82, 2.24) is 24.6 Å². The van der Waals surface area contributed by atoms with Gasteiger partial charge in [0.05, 0.1) is 25.0 Å². The monoisotopic (exact) mass is 441 g/mol. The maximum Gasteiger partial charge on any atom is 0.408 e. The fourth-order valence-electron chi connectivity index (χ4n) is 4.70. The van der Waals surface area contributed by atoms with Crippen LogP contribution in [-0.4, -0.2) is 35.8 Å². The van der Waals surface area contributed by atoms with E-state index in [2.05, 4.69) is 15.2 Å². The summed E-state index contributed by atoms with van der Waals surface area (Å²) in [5.41, 5.74) is 2.64. The van der Waals surface area contributed by atoms with Gasteiger partial charge in [-0.15, -0.1) is 10.2 Å². The van der Waals surface area contributed by atoms with E-state index in [0.717, 1.165) is 48.5 Å². The number of aromatic nitrogens is 4. The highest BCUT2D eigenvalue weighted by Crippen LogP contribution is 2.41. The smallest absolute Gasteiger partial charge is 0.408 e. The molecule has 0 unspecified atom stereocenters. The predicted octanol–water partition coefficient (Wildman–Crippen LogP) is 4.89. The minimum atomic E-state index is -1.00. The minimum absolute atomic E-state index is 0.170. The molecule has 1 saturated carbocycles. The molecule has 0 saturated heterocycles. The molecule has 0 spiro atoms. The molecule has 1 amide bonds. The second kappa shape index (κ2) is 7.92. The fraction of sp³-hybridized carbons (Fsp3) is 0.364.